The van der Waals surface area contributed by atoms with Gasteiger partial charge in [-0.1, -0.05) is 12.5 Å². The second-order valence-electron chi connectivity index (χ2n) is 4.79. The van der Waals surface area contributed by atoms with Crippen molar-refractivity contribution >= 4 is 5.97 Å². The smallest absolute Gasteiger partial charge is 0.303 e. The van der Waals surface area contributed by atoms with Crippen molar-refractivity contribution in [2.75, 3.05) is 13.2 Å². The van der Waals surface area contributed by atoms with E-state index in [0.717, 1.165) is 43.6 Å². The third-order valence-electron chi connectivity index (χ3n) is 3.17. The minimum absolute atomic E-state index is 0.265. The maximum absolute atomic E-state index is 10.4. The molecular formula is C15H20O4. The fourth-order valence-electron chi connectivity index (χ4n) is 2.15. The van der Waals surface area contributed by atoms with E-state index >= 15 is 0 Å². The number of aryl methyl sites for hydroxylation is 1. The average Bonchev–Trinajstić information content (AvgIpc) is 2.62. The van der Waals surface area contributed by atoms with Crippen molar-refractivity contribution in [3.63, 3.8) is 0 Å². The molecule has 4 heteroatoms. The summed E-state index contributed by atoms with van der Waals surface area (Å²) in [5, 5.41) is 8.56. The number of carboxylic acids is 1. The molecule has 1 heterocycles. The average molecular weight is 264 g/mol. The molecule has 0 unspecified atom stereocenters. The van der Waals surface area contributed by atoms with Crippen LogP contribution in [0.3, 0.4) is 0 Å². The number of ether oxygens (including phenoxy) is 2. The van der Waals surface area contributed by atoms with Crippen LogP contribution < -0.4 is 9.47 Å². The van der Waals surface area contributed by atoms with Gasteiger partial charge in [-0.25, -0.2) is 0 Å². The van der Waals surface area contributed by atoms with Crippen molar-refractivity contribution < 1.29 is 19.4 Å². The monoisotopic (exact) mass is 264 g/mol. The van der Waals surface area contributed by atoms with E-state index in [-0.39, 0.29) is 6.42 Å². The minimum Gasteiger partial charge on any atom is -0.490 e. The van der Waals surface area contributed by atoms with E-state index in [4.69, 9.17) is 14.6 Å². The molecule has 0 amide bonds. The van der Waals surface area contributed by atoms with E-state index in [9.17, 15) is 4.79 Å². The first-order chi connectivity index (χ1) is 9.25. The lowest BCUT2D eigenvalue weighted by atomic mass is 10.1. The van der Waals surface area contributed by atoms with Gasteiger partial charge in [-0.3, -0.25) is 4.79 Å². The summed E-state index contributed by atoms with van der Waals surface area (Å²) in [6.45, 7) is 1.41. The molecule has 0 aromatic heterocycles. The predicted molar refractivity (Wildman–Crippen MR) is 71.9 cm³/mol. The first-order valence-electron chi connectivity index (χ1n) is 6.86. The summed E-state index contributed by atoms with van der Waals surface area (Å²) in [6.07, 6.45) is 4.84. The molecule has 2 rings (SSSR count). The predicted octanol–water partition coefficient (Wildman–Crippen LogP) is 3.04. The molecule has 0 bridgehead atoms. The molecule has 1 aliphatic rings. The molecule has 0 saturated carbocycles. The zero-order valence-electron chi connectivity index (χ0n) is 11.1. The van der Waals surface area contributed by atoms with E-state index in [1.54, 1.807) is 0 Å². The highest BCUT2D eigenvalue weighted by atomic mass is 16.5. The number of hydrogen-bond donors (Lipinski definition) is 1. The fourth-order valence-corrected chi connectivity index (χ4v) is 2.15. The Hall–Kier alpha value is -1.71. The normalized spacial score (nSPS) is 13.9. The summed E-state index contributed by atoms with van der Waals surface area (Å²) < 4.78 is 11.2. The van der Waals surface area contributed by atoms with E-state index in [1.807, 2.05) is 12.1 Å². The molecule has 1 N–H and O–H groups in total. The Balaban J connectivity index is 1.81. The maximum atomic E-state index is 10.4. The molecule has 19 heavy (non-hydrogen) atoms. The summed E-state index contributed by atoms with van der Waals surface area (Å²) in [4.78, 5) is 10.4. The summed E-state index contributed by atoms with van der Waals surface area (Å²) in [5.74, 6) is 0.947. The Morgan fingerprint density at radius 1 is 1.11 bits per heavy atom. The quantitative estimate of drug-likeness (QED) is 0.802. The van der Waals surface area contributed by atoms with Crippen LogP contribution in [0.2, 0.25) is 0 Å². The molecule has 0 aliphatic carbocycles. The fraction of sp³-hybridized carbons (Fsp3) is 0.533. The molecule has 0 atom stereocenters. The second kappa shape index (κ2) is 7.02. The van der Waals surface area contributed by atoms with E-state index in [0.29, 0.717) is 13.2 Å². The summed E-state index contributed by atoms with van der Waals surface area (Å²) in [7, 11) is 0. The van der Waals surface area contributed by atoms with E-state index < -0.39 is 5.97 Å². The molecule has 0 saturated heterocycles. The molecule has 0 spiro atoms. The van der Waals surface area contributed by atoms with Crippen molar-refractivity contribution in [3.05, 3.63) is 23.8 Å². The van der Waals surface area contributed by atoms with Crippen LogP contribution in [0.15, 0.2) is 18.2 Å². The van der Waals surface area contributed by atoms with Crippen LogP contribution in [0.25, 0.3) is 0 Å². The number of unbranched alkanes of at least 4 members (excludes halogenated alkanes) is 2. The molecular weight excluding hydrogens is 244 g/mol. The summed E-state index contributed by atoms with van der Waals surface area (Å²) in [6, 6.07) is 6.07. The standard InChI is InChI=1S/C15H20O4/c16-15(17)6-3-1-2-5-12-7-8-13-14(11-12)19-10-4-9-18-13/h7-8,11H,1-6,9-10H2,(H,16,17). The third-order valence-corrected chi connectivity index (χ3v) is 3.17. The van der Waals surface area contributed by atoms with Gasteiger partial charge in [-0.05, 0) is 37.0 Å². The number of rotatable bonds is 6. The van der Waals surface area contributed by atoms with Crippen LogP contribution >= 0.6 is 0 Å². The molecule has 1 aliphatic heterocycles. The summed E-state index contributed by atoms with van der Waals surface area (Å²) in [5.41, 5.74) is 1.22. The largest absolute Gasteiger partial charge is 0.490 e. The molecule has 1 aromatic carbocycles. The van der Waals surface area contributed by atoms with Crippen molar-refractivity contribution in [3.8, 4) is 11.5 Å². The van der Waals surface area contributed by atoms with Crippen molar-refractivity contribution in [1.29, 1.82) is 0 Å². The van der Waals surface area contributed by atoms with Crippen LogP contribution in [0, 0.1) is 0 Å². The second-order valence-corrected chi connectivity index (χ2v) is 4.79. The Bertz CT molecular complexity index is 428. The highest BCUT2D eigenvalue weighted by Gasteiger charge is 2.10. The Morgan fingerprint density at radius 2 is 1.89 bits per heavy atom. The molecule has 0 fully saturated rings. The van der Waals surface area contributed by atoms with Crippen LogP contribution in [0.1, 0.15) is 37.7 Å². The number of benzene rings is 1. The lowest BCUT2D eigenvalue weighted by molar-refractivity contribution is -0.137. The van der Waals surface area contributed by atoms with Gasteiger partial charge in [0.25, 0.3) is 0 Å². The van der Waals surface area contributed by atoms with Crippen molar-refractivity contribution in [1.82, 2.24) is 0 Å². The van der Waals surface area contributed by atoms with E-state index in [2.05, 4.69) is 6.07 Å². The SMILES string of the molecule is O=C(O)CCCCCc1ccc2c(c1)OCCCO2. The number of carbonyl (C=O) groups is 1. The first kappa shape index (κ1) is 13.7. The van der Waals surface area contributed by atoms with Crippen molar-refractivity contribution in [2.24, 2.45) is 0 Å². The summed E-state index contributed by atoms with van der Waals surface area (Å²) >= 11 is 0. The van der Waals surface area contributed by atoms with Crippen LogP contribution in [0.4, 0.5) is 0 Å². The van der Waals surface area contributed by atoms with Gasteiger partial charge < -0.3 is 14.6 Å². The number of fused-ring (bicyclic) bond motifs is 1. The van der Waals surface area contributed by atoms with Gasteiger partial charge in [-0.2, -0.15) is 0 Å². The topological polar surface area (TPSA) is 55.8 Å². The maximum Gasteiger partial charge on any atom is 0.303 e. The first-order valence-corrected chi connectivity index (χ1v) is 6.86. The molecule has 0 radical (unpaired) electrons. The zero-order valence-corrected chi connectivity index (χ0v) is 11.1. The molecule has 4 nitrogen and oxygen atoms in total. The molecule has 1 aromatic rings. The highest BCUT2D eigenvalue weighted by Crippen LogP contribution is 2.30. The lowest BCUT2D eigenvalue weighted by Crippen LogP contribution is -1.97. The van der Waals surface area contributed by atoms with E-state index in [1.165, 1.54) is 5.56 Å². The van der Waals surface area contributed by atoms with Gasteiger partial charge in [-0.15, -0.1) is 0 Å². The number of hydrogen-bond acceptors (Lipinski definition) is 3. The van der Waals surface area contributed by atoms with Gasteiger partial charge in [0, 0.05) is 12.8 Å². The van der Waals surface area contributed by atoms with Gasteiger partial charge in [0.05, 0.1) is 13.2 Å². The van der Waals surface area contributed by atoms with Gasteiger partial charge in [0.1, 0.15) is 0 Å². The van der Waals surface area contributed by atoms with Gasteiger partial charge in [0.2, 0.25) is 0 Å². The molecule has 104 valence electrons. The Labute approximate surface area is 113 Å². The van der Waals surface area contributed by atoms with Gasteiger partial charge in [0.15, 0.2) is 11.5 Å². The van der Waals surface area contributed by atoms with Crippen molar-refractivity contribution in [2.45, 2.75) is 38.5 Å². The van der Waals surface area contributed by atoms with Crippen LogP contribution in [-0.2, 0) is 11.2 Å². The zero-order chi connectivity index (χ0) is 13.5. The van der Waals surface area contributed by atoms with Crippen LogP contribution in [0.5, 0.6) is 11.5 Å². The highest BCUT2D eigenvalue weighted by molar-refractivity contribution is 5.66. The third kappa shape index (κ3) is 4.47. The number of aliphatic carboxylic acids is 1. The Kier molecular flexibility index (Phi) is 5.07. The minimum atomic E-state index is -0.712. The lowest BCUT2D eigenvalue weighted by Gasteiger charge is -2.09. The van der Waals surface area contributed by atoms with Gasteiger partial charge >= 0.3 is 5.97 Å². The van der Waals surface area contributed by atoms with Crippen LogP contribution in [-0.4, -0.2) is 24.3 Å². The Morgan fingerprint density at radius 3 is 2.68 bits per heavy atom. The number of carboxylic acid groups (broad SMARTS) is 1.